The van der Waals surface area contributed by atoms with Gasteiger partial charge in [-0.3, -0.25) is 14.5 Å². The average Bonchev–Trinajstić information content (AvgIpc) is 2.34. The van der Waals surface area contributed by atoms with Gasteiger partial charge in [0.2, 0.25) is 5.91 Å². The van der Waals surface area contributed by atoms with Crippen molar-refractivity contribution in [2.24, 2.45) is 0 Å². The number of aromatic nitrogens is 1. The van der Waals surface area contributed by atoms with Crippen molar-refractivity contribution >= 4 is 5.91 Å². The standard InChI is InChI=1S/C14H23N3O2/c1-5-17(6-2)9-13(18)15-8-12-10(3)7-11(4)16-14(12)19/h7H,5-6,8-9H2,1-4H3,(H,15,18)(H,16,19). The number of amides is 1. The predicted molar refractivity (Wildman–Crippen MR) is 76.2 cm³/mol. The molecule has 0 unspecified atom stereocenters. The van der Waals surface area contributed by atoms with Crippen molar-refractivity contribution in [3.8, 4) is 0 Å². The van der Waals surface area contributed by atoms with Gasteiger partial charge in [0.05, 0.1) is 6.54 Å². The summed E-state index contributed by atoms with van der Waals surface area (Å²) in [5.41, 5.74) is 2.24. The van der Waals surface area contributed by atoms with Crippen molar-refractivity contribution in [3.63, 3.8) is 0 Å². The van der Waals surface area contributed by atoms with Crippen molar-refractivity contribution in [1.82, 2.24) is 15.2 Å². The van der Waals surface area contributed by atoms with Gasteiger partial charge in [0, 0.05) is 17.8 Å². The highest BCUT2D eigenvalue weighted by Crippen LogP contribution is 2.02. The molecule has 5 heteroatoms. The molecule has 1 aromatic heterocycles. The molecule has 1 amide bonds. The molecule has 0 aliphatic heterocycles. The van der Waals surface area contributed by atoms with Gasteiger partial charge in [-0.1, -0.05) is 13.8 Å². The Hall–Kier alpha value is -1.62. The van der Waals surface area contributed by atoms with E-state index in [9.17, 15) is 9.59 Å². The van der Waals surface area contributed by atoms with Crippen LogP contribution >= 0.6 is 0 Å². The highest BCUT2D eigenvalue weighted by molar-refractivity contribution is 5.78. The van der Waals surface area contributed by atoms with Gasteiger partial charge in [-0.05, 0) is 38.6 Å². The fraction of sp³-hybridized carbons (Fsp3) is 0.571. The summed E-state index contributed by atoms with van der Waals surface area (Å²) >= 11 is 0. The van der Waals surface area contributed by atoms with Crippen LogP contribution in [0.25, 0.3) is 0 Å². The third-order valence-corrected chi connectivity index (χ3v) is 3.22. The molecule has 0 bridgehead atoms. The Morgan fingerprint density at radius 3 is 2.47 bits per heavy atom. The lowest BCUT2D eigenvalue weighted by Gasteiger charge is -2.17. The number of aromatic amines is 1. The summed E-state index contributed by atoms with van der Waals surface area (Å²) in [5, 5.41) is 2.80. The molecule has 0 aliphatic carbocycles. The molecule has 0 atom stereocenters. The third-order valence-electron chi connectivity index (χ3n) is 3.22. The van der Waals surface area contributed by atoms with Crippen LogP contribution in [0.15, 0.2) is 10.9 Å². The van der Waals surface area contributed by atoms with Gasteiger partial charge in [0.15, 0.2) is 0 Å². The summed E-state index contributed by atoms with van der Waals surface area (Å²) in [6.07, 6.45) is 0. The topological polar surface area (TPSA) is 65.2 Å². The summed E-state index contributed by atoms with van der Waals surface area (Å²) in [7, 11) is 0. The molecule has 1 aromatic rings. The zero-order valence-electron chi connectivity index (χ0n) is 12.2. The Bertz CT molecular complexity index is 490. The van der Waals surface area contributed by atoms with Gasteiger partial charge in [0.1, 0.15) is 0 Å². The molecule has 0 saturated heterocycles. The molecule has 2 N–H and O–H groups in total. The molecule has 0 saturated carbocycles. The quantitative estimate of drug-likeness (QED) is 0.805. The van der Waals surface area contributed by atoms with E-state index in [4.69, 9.17) is 0 Å². The van der Waals surface area contributed by atoms with E-state index in [2.05, 4.69) is 10.3 Å². The molecule has 5 nitrogen and oxygen atoms in total. The van der Waals surface area contributed by atoms with Crippen LogP contribution in [0.2, 0.25) is 0 Å². The van der Waals surface area contributed by atoms with Gasteiger partial charge >= 0.3 is 0 Å². The molecule has 0 aliphatic rings. The first-order valence-corrected chi connectivity index (χ1v) is 6.66. The highest BCUT2D eigenvalue weighted by atomic mass is 16.2. The number of H-pyrrole nitrogens is 1. The molecular formula is C14H23N3O2. The number of rotatable bonds is 6. The van der Waals surface area contributed by atoms with Crippen LogP contribution in [-0.2, 0) is 11.3 Å². The smallest absolute Gasteiger partial charge is 0.253 e. The lowest BCUT2D eigenvalue weighted by molar-refractivity contribution is -0.122. The van der Waals surface area contributed by atoms with E-state index < -0.39 is 0 Å². The Balaban J connectivity index is 2.63. The highest BCUT2D eigenvalue weighted by Gasteiger charge is 2.09. The Morgan fingerprint density at radius 1 is 1.32 bits per heavy atom. The first-order valence-electron chi connectivity index (χ1n) is 6.66. The number of carbonyl (C=O) groups is 1. The molecule has 19 heavy (non-hydrogen) atoms. The van der Waals surface area contributed by atoms with E-state index in [0.717, 1.165) is 24.3 Å². The maximum Gasteiger partial charge on any atom is 0.253 e. The van der Waals surface area contributed by atoms with Gasteiger partial charge < -0.3 is 10.3 Å². The summed E-state index contributed by atoms with van der Waals surface area (Å²) in [6.45, 7) is 10.1. The monoisotopic (exact) mass is 265 g/mol. The van der Waals surface area contributed by atoms with Crippen LogP contribution in [0, 0.1) is 13.8 Å². The fourth-order valence-electron chi connectivity index (χ4n) is 1.99. The second kappa shape index (κ2) is 7.09. The van der Waals surface area contributed by atoms with Crippen LogP contribution in [0.5, 0.6) is 0 Å². The molecule has 1 rings (SSSR count). The van der Waals surface area contributed by atoms with Gasteiger partial charge in [-0.25, -0.2) is 0 Å². The minimum atomic E-state index is -0.124. The first-order chi connectivity index (χ1) is 8.97. The van der Waals surface area contributed by atoms with Crippen molar-refractivity contribution in [2.75, 3.05) is 19.6 Å². The third kappa shape index (κ3) is 4.52. The van der Waals surface area contributed by atoms with Crippen molar-refractivity contribution in [2.45, 2.75) is 34.2 Å². The van der Waals surface area contributed by atoms with E-state index in [1.165, 1.54) is 0 Å². The van der Waals surface area contributed by atoms with E-state index in [-0.39, 0.29) is 18.0 Å². The van der Waals surface area contributed by atoms with Crippen LogP contribution in [0.3, 0.4) is 0 Å². The Morgan fingerprint density at radius 2 is 1.95 bits per heavy atom. The largest absolute Gasteiger partial charge is 0.351 e. The zero-order chi connectivity index (χ0) is 14.4. The maximum absolute atomic E-state index is 11.8. The fourth-order valence-corrected chi connectivity index (χ4v) is 1.99. The van der Waals surface area contributed by atoms with Crippen LogP contribution < -0.4 is 10.9 Å². The minimum absolute atomic E-state index is 0.0527. The van der Waals surface area contributed by atoms with Crippen LogP contribution in [0.4, 0.5) is 0 Å². The van der Waals surface area contributed by atoms with Crippen molar-refractivity contribution < 1.29 is 4.79 Å². The minimum Gasteiger partial charge on any atom is -0.351 e. The second-order valence-electron chi connectivity index (χ2n) is 4.68. The number of nitrogens with one attached hydrogen (secondary N) is 2. The average molecular weight is 265 g/mol. The summed E-state index contributed by atoms with van der Waals surface area (Å²) < 4.78 is 0. The number of hydrogen-bond donors (Lipinski definition) is 2. The predicted octanol–water partition coefficient (Wildman–Crippen LogP) is 0.950. The number of carbonyl (C=O) groups excluding carboxylic acids is 1. The summed E-state index contributed by atoms with van der Waals surface area (Å²) in [5.74, 6) is -0.0527. The summed E-state index contributed by atoms with van der Waals surface area (Å²) in [4.78, 5) is 28.3. The van der Waals surface area contributed by atoms with Crippen LogP contribution in [-0.4, -0.2) is 35.4 Å². The Labute approximate surface area is 114 Å². The molecule has 0 spiro atoms. The molecular weight excluding hydrogens is 242 g/mol. The second-order valence-corrected chi connectivity index (χ2v) is 4.68. The van der Waals surface area contributed by atoms with Crippen LogP contribution in [0.1, 0.15) is 30.7 Å². The first kappa shape index (κ1) is 15.4. The maximum atomic E-state index is 11.8. The van der Waals surface area contributed by atoms with E-state index in [1.54, 1.807) is 0 Å². The van der Waals surface area contributed by atoms with Gasteiger partial charge in [-0.15, -0.1) is 0 Å². The van der Waals surface area contributed by atoms with E-state index in [1.807, 2.05) is 38.7 Å². The van der Waals surface area contributed by atoms with Crippen molar-refractivity contribution in [1.29, 1.82) is 0 Å². The number of aryl methyl sites for hydroxylation is 2. The number of hydrogen-bond acceptors (Lipinski definition) is 3. The number of pyridine rings is 1. The summed E-state index contributed by atoms with van der Waals surface area (Å²) in [6, 6.07) is 1.91. The lowest BCUT2D eigenvalue weighted by Crippen LogP contribution is -2.37. The van der Waals surface area contributed by atoms with Crippen molar-refractivity contribution in [3.05, 3.63) is 33.2 Å². The lowest BCUT2D eigenvalue weighted by atomic mass is 10.1. The van der Waals surface area contributed by atoms with Gasteiger partial charge in [-0.2, -0.15) is 0 Å². The van der Waals surface area contributed by atoms with E-state index in [0.29, 0.717) is 12.1 Å². The van der Waals surface area contributed by atoms with Gasteiger partial charge in [0.25, 0.3) is 5.56 Å². The molecule has 0 fully saturated rings. The van der Waals surface area contributed by atoms with E-state index >= 15 is 0 Å². The molecule has 106 valence electrons. The Kier molecular flexibility index (Phi) is 5.76. The zero-order valence-corrected chi connectivity index (χ0v) is 12.2. The SMILES string of the molecule is CCN(CC)CC(=O)NCc1c(C)cc(C)[nH]c1=O. The molecule has 0 aromatic carbocycles. The number of nitrogens with zero attached hydrogens (tertiary/aromatic N) is 1. The molecule has 1 heterocycles. The molecule has 0 radical (unpaired) electrons. The number of likely N-dealkylation sites (N-methyl/N-ethyl adjacent to an activating group) is 1. The normalized spacial score (nSPS) is 10.8.